The van der Waals surface area contributed by atoms with Gasteiger partial charge in [-0.05, 0) is 50.8 Å². The fraction of sp³-hybridized carbons (Fsp3) is 0.625. The van der Waals surface area contributed by atoms with E-state index in [1.807, 2.05) is 30.3 Å². The first-order chi connectivity index (χ1) is 8.72. The molecule has 0 aromatic heterocycles. The highest BCUT2D eigenvalue weighted by molar-refractivity contribution is 5.20. The van der Waals surface area contributed by atoms with Gasteiger partial charge >= 0.3 is 0 Å². The second-order valence-electron chi connectivity index (χ2n) is 5.10. The van der Waals surface area contributed by atoms with Crippen LogP contribution in [0.1, 0.15) is 40.0 Å². The molecule has 2 atom stereocenters. The maximum atomic E-state index is 5.69. The zero-order valence-corrected chi connectivity index (χ0v) is 12.0. The Hall–Kier alpha value is -1.02. The number of para-hydroxylation sites is 1. The molecule has 0 aliphatic carbocycles. The van der Waals surface area contributed by atoms with Crippen molar-refractivity contribution in [2.45, 2.75) is 46.1 Å². The maximum Gasteiger partial charge on any atom is 0.119 e. The van der Waals surface area contributed by atoms with Gasteiger partial charge in [-0.2, -0.15) is 0 Å². The molecule has 2 nitrogen and oxygen atoms in total. The molecule has 1 N–H and O–H groups in total. The molecular formula is C16H27NO. The standard InChI is InChI=1S/C16H27NO/c1-4-17-15(3)13-14(2)9-8-12-18-16-10-6-5-7-11-16/h5-7,10-11,14-15,17H,4,8-9,12-13H2,1-3H3. The second-order valence-corrected chi connectivity index (χ2v) is 5.10. The van der Waals surface area contributed by atoms with Gasteiger partial charge in [-0.3, -0.25) is 0 Å². The highest BCUT2D eigenvalue weighted by Gasteiger charge is 2.07. The van der Waals surface area contributed by atoms with Gasteiger partial charge in [0.25, 0.3) is 0 Å². The average molecular weight is 249 g/mol. The lowest BCUT2D eigenvalue weighted by atomic mass is 9.98. The van der Waals surface area contributed by atoms with E-state index >= 15 is 0 Å². The predicted molar refractivity (Wildman–Crippen MR) is 78.1 cm³/mol. The van der Waals surface area contributed by atoms with E-state index in [0.29, 0.717) is 6.04 Å². The fourth-order valence-corrected chi connectivity index (χ4v) is 2.29. The van der Waals surface area contributed by atoms with E-state index < -0.39 is 0 Å². The Morgan fingerprint density at radius 3 is 2.56 bits per heavy atom. The molecule has 2 unspecified atom stereocenters. The summed E-state index contributed by atoms with van der Waals surface area (Å²) in [5, 5.41) is 3.46. The molecule has 1 aromatic rings. The second kappa shape index (κ2) is 8.98. The summed E-state index contributed by atoms with van der Waals surface area (Å²) >= 11 is 0. The van der Waals surface area contributed by atoms with Crippen LogP contribution in [0.15, 0.2) is 30.3 Å². The van der Waals surface area contributed by atoms with Gasteiger partial charge in [-0.15, -0.1) is 0 Å². The Labute approximate surface area is 112 Å². The van der Waals surface area contributed by atoms with Crippen LogP contribution in [-0.2, 0) is 0 Å². The minimum atomic E-state index is 0.625. The number of hydrogen-bond donors (Lipinski definition) is 1. The normalized spacial score (nSPS) is 14.2. The highest BCUT2D eigenvalue weighted by atomic mass is 16.5. The number of nitrogens with one attached hydrogen (secondary N) is 1. The van der Waals surface area contributed by atoms with Gasteiger partial charge in [0.15, 0.2) is 0 Å². The van der Waals surface area contributed by atoms with E-state index in [1.165, 1.54) is 12.8 Å². The molecule has 0 radical (unpaired) electrons. The Bertz CT molecular complexity index is 299. The van der Waals surface area contributed by atoms with Gasteiger partial charge in [0.05, 0.1) is 6.61 Å². The minimum absolute atomic E-state index is 0.625. The number of ether oxygens (including phenoxy) is 1. The monoisotopic (exact) mass is 249 g/mol. The summed E-state index contributed by atoms with van der Waals surface area (Å²) in [5.41, 5.74) is 0. The smallest absolute Gasteiger partial charge is 0.119 e. The summed E-state index contributed by atoms with van der Waals surface area (Å²) < 4.78 is 5.69. The largest absolute Gasteiger partial charge is 0.494 e. The van der Waals surface area contributed by atoms with E-state index in [4.69, 9.17) is 4.74 Å². The van der Waals surface area contributed by atoms with Gasteiger partial charge in [-0.1, -0.05) is 32.0 Å². The van der Waals surface area contributed by atoms with Crippen LogP contribution >= 0.6 is 0 Å². The first kappa shape index (κ1) is 15.0. The molecule has 102 valence electrons. The number of rotatable bonds is 9. The third-order valence-corrected chi connectivity index (χ3v) is 3.16. The van der Waals surface area contributed by atoms with Crippen molar-refractivity contribution in [2.75, 3.05) is 13.2 Å². The van der Waals surface area contributed by atoms with Crippen molar-refractivity contribution in [2.24, 2.45) is 5.92 Å². The van der Waals surface area contributed by atoms with E-state index in [0.717, 1.165) is 31.2 Å². The molecule has 2 heteroatoms. The average Bonchev–Trinajstić information content (AvgIpc) is 2.36. The van der Waals surface area contributed by atoms with Crippen molar-refractivity contribution in [3.63, 3.8) is 0 Å². The minimum Gasteiger partial charge on any atom is -0.494 e. The van der Waals surface area contributed by atoms with Crippen molar-refractivity contribution in [1.29, 1.82) is 0 Å². The van der Waals surface area contributed by atoms with Crippen molar-refractivity contribution in [1.82, 2.24) is 5.32 Å². The third kappa shape index (κ3) is 6.65. The van der Waals surface area contributed by atoms with Crippen LogP contribution in [-0.4, -0.2) is 19.2 Å². The first-order valence-corrected chi connectivity index (χ1v) is 7.13. The van der Waals surface area contributed by atoms with Crippen LogP contribution in [0.5, 0.6) is 5.75 Å². The van der Waals surface area contributed by atoms with Crippen LogP contribution in [0.3, 0.4) is 0 Å². The molecule has 0 aliphatic rings. The summed E-state index contributed by atoms with van der Waals surface area (Å²) in [7, 11) is 0. The van der Waals surface area contributed by atoms with Crippen molar-refractivity contribution >= 4 is 0 Å². The van der Waals surface area contributed by atoms with E-state index in [2.05, 4.69) is 26.1 Å². The molecule has 0 amide bonds. The molecule has 0 aliphatic heterocycles. The summed E-state index contributed by atoms with van der Waals surface area (Å²) in [6.07, 6.45) is 3.62. The quantitative estimate of drug-likeness (QED) is 0.671. The fourth-order valence-electron chi connectivity index (χ4n) is 2.29. The first-order valence-electron chi connectivity index (χ1n) is 7.13. The summed E-state index contributed by atoms with van der Waals surface area (Å²) in [6, 6.07) is 10.7. The predicted octanol–water partition coefficient (Wildman–Crippen LogP) is 3.87. The number of benzene rings is 1. The lowest BCUT2D eigenvalue weighted by molar-refractivity contribution is 0.287. The summed E-state index contributed by atoms with van der Waals surface area (Å²) in [5.74, 6) is 1.74. The summed E-state index contributed by atoms with van der Waals surface area (Å²) in [6.45, 7) is 8.64. The van der Waals surface area contributed by atoms with Gasteiger partial charge in [0, 0.05) is 6.04 Å². The Balaban J connectivity index is 2.07. The molecule has 1 rings (SSSR count). The van der Waals surface area contributed by atoms with Crippen LogP contribution in [0.2, 0.25) is 0 Å². The van der Waals surface area contributed by atoms with E-state index in [9.17, 15) is 0 Å². The van der Waals surface area contributed by atoms with Crippen molar-refractivity contribution in [3.8, 4) is 5.75 Å². The zero-order valence-electron chi connectivity index (χ0n) is 12.0. The van der Waals surface area contributed by atoms with E-state index in [-0.39, 0.29) is 0 Å². The Kier molecular flexibility index (Phi) is 7.51. The molecule has 0 saturated heterocycles. The maximum absolute atomic E-state index is 5.69. The molecule has 1 aromatic carbocycles. The molecule has 0 spiro atoms. The molecular weight excluding hydrogens is 222 g/mol. The van der Waals surface area contributed by atoms with Crippen LogP contribution in [0.25, 0.3) is 0 Å². The molecule has 0 heterocycles. The van der Waals surface area contributed by atoms with Crippen LogP contribution in [0, 0.1) is 5.92 Å². The van der Waals surface area contributed by atoms with Crippen molar-refractivity contribution in [3.05, 3.63) is 30.3 Å². The molecule has 0 bridgehead atoms. The highest BCUT2D eigenvalue weighted by Crippen LogP contribution is 2.14. The number of hydrogen-bond acceptors (Lipinski definition) is 2. The lowest BCUT2D eigenvalue weighted by Crippen LogP contribution is -2.27. The van der Waals surface area contributed by atoms with Crippen LogP contribution in [0.4, 0.5) is 0 Å². The summed E-state index contributed by atoms with van der Waals surface area (Å²) in [4.78, 5) is 0. The zero-order chi connectivity index (χ0) is 13.2. The van der Waals surface area contributed by atoms with Gasteiger partial charge < -0.3 is 10.1 Å². The molecule has 0 saturated carbocycles. The van der Waals surface area contributed by atoms with E-state index in [1.54, 1.807) is 0 Å². The van der Waals surface area contributed by atoms with Crippen molar-refractivity contribution < 1.29 is 4.74 Å². The van der Waals surface area contributed by atoms with Gasteiger partial charge in [0.2, 0.25) is 0 Å². The van der Waals surface area contributed by atoms with Crippen LogP contribution < -0.4 is 10.1 Å². The molecule has 18 heavy (non-hydrogen) atoms. The Morgan fingerprint density at radius 1 is 1.17 bits per heavy atom. The SMILES string of the molecule is CCNC(C)CC(C)CCCOc1ccccc1. The third-order valence-electron chi connectivity index (χ3n) is 3.16. The lowest BCUT2D eigenvalue weighted by Gasteiger charge is -2.17. The topological polar surface area (TPSA) is 21.3 Å². The molecule has 0 fully saturated rings. The van der Waals surface area contributed by atoms with Gasteiger partial charge in [0.1, 0.15) is 5.75 Å². The Morgan fingerprint density at radius 2 is 1.89 bits per heavy atom. The van der Waals surface area contributed by atoms with Gasteiger partial charge in [-0.25, -0.2) is 0 Å².